The highest BCUT2D eigenvalue weighted by Gasteiger charge is 2.19. The van der Waals surface area contributed by atoms with E-state index in [9.17, 15) is 0 Å². The van der Waals surface area contributed by atoms with Crippen molar-refractivity contribution in [2.45, 2.75) is 0 Å². The molecule has 7 heteroatoms. The van der Waals surface area contributed by atoms with Gasteiger partial charge in [-0.1, -0.05) is 170 Å². The highest BCUT2D eigenvalue weighted by atomic mass is 32.1. The Kier molecular flexibility index (Phi) is 10.8. The number of hydrogen-bond acceptors (Lipinski definition) is 3. The van der Waals surface area contributed by atoms with Crippen LogP contribution in [0.4, 0.5) is 0 Å². The minimum absolute atomic E-state index is 0.309. The number of thiocarbonyl (C=S) groups is 1. The van der Waals surface area contributed by atoms with Crippen LogP contribution < -0.4 is 42.7 Å². The molecule has 0 heterocycles. The van der Waals surface area contributed by atoms with E-state index >= 15 is 0 Å². The van der Waals surface area contributed by atoms with E-state index in [-0.39, 0.29) is 0 Å². The number of nitrogens with zero attached hydrogens (tertiary/aromatic N) is 2. The lowest BCUT2D eigenvalue weighted by molar-refractivity contribution is 0.935. The molecule has 0 amide bonds. The van der Waals surface area contributed by atoms with Crippen LogP contribution in [-0.2, 0) is 0 Å². The fourth-order valence-corrected chi connectivity index (χ4v) is 10.1. The Morgan fingerprint density at radius 1 is 0.413 bits per heavy atom. The predicted molar refractivity (Wildman–Crippen MR) is 204 cm³/mol. The first-order valence-electron chi connectivity index (χ1n) is 14.9. The second kappa shape index (κ2) is 16.0. The first kappa shape index (κ1) is 31.2. The third kappa shape index (κ3) is 7.88. The Labute approximate surface area is 278 Å². The van der Waals surface area contributed by atoms with Gasteiger partial charge in [0.2, 0.25) is 5.11 Å². The van der Waals surface area contributed by atoms with Gasteiger partial charge in [-0.05, 0) is 59.9 Å². The van der Waals surface area contributed by atoms with Crippen molar-refractivity contribution in [3.05, 3.63) is 181 Å². The van der Waals surface area contributed by atoms with Gasteiger partial charge in [-0.2, -0.15) is 10.2 Å². The van der Waals surface area contributed by atoms with Gasteiger partial charge < -0.3 is 0 Å². The molecule has 0 aromatic heterocycles. The summed E-state index contributed by atoms with van der Waals surface area (Å²) in [6.07, 6.45) is 3.66. The van der Waals surface area contributed by atoms with Gasteiger partial charge in [-0.15, -0.1) is 0 Å². The fourth-order valence-electron chi connectivity index (χ4n) is 5.11. The van der Waals surface area contributed by atoms with E-state index < -0.39 is 15.8 Å². The maximum absolute atomic E-state index is 5.52. The van der Waals surface area contributed by atoms with Crippen LogP contribution in [0.15, 0.2) is 180 Å². The highest BCUT2D eigenvalue weighted by molar-refractivity contribution is 7.80. The van der Waals surface area contributed by atoms with E-state index in [1.54, 1.807) is 0 Å². The van der Waals surface area contributed by atoms with Gasteiger partial charge in [0, 0.05) is 11.1 Å². The Bertz CT molecular complexity index is 1700. The number of nitrogens with one attached hydrogen (secondary N) is 2. The zero-order valence-corrected chi connectivity index (χ0v) is 27.6. The third-order valence-corrected chi connectivity index (χ3v) is 12.4. The van der Waals surface area contributed by atoms with Crippen molar-refractivity contribution < 1.29 is 0 Å². The summed E-state index contributed by atoms with van der Waals surface area (Å²) in [5, 5.41) is 16.9. The molecule has 0 fully saturated rings. The average molecular weight is 651 g/mol. The molecule has 4 nitrogen and oxygen atoms in total. The van der Waals surface area contributed by atoms with Crippen molar-refractivity contribution in [1.82, 2.24) is 10.9 Å². The van der Waals surface area contributed by atoms with Gasteiger partial charge in [-0.25, -0.2) is 0 Å². The summed E-state index contributed by atoms with van der Waals surface area (Å²) in [7, 11) is -1.53. The molecule has 0 saturated heterocycles. The second-order valence-corrected chi connectivity index (χ2v) is 15.0. The van der Waals surface area contributed by atoms with E-state index in [0.29, 0.717) is 5.11 Å². The van der Waals surface area contributed by atoms with Crippen molar-refractivity contribution in [1.29, 1.82) is 0 Å². The van der Waals surface area contributed by atoms with Crippen LogP contribution in [0, 0.1) is 0 Å². The summed E-state index contributed by atoms with van der Waals surface area (Å²) in [5.41, 5.74) is 7.94. The van der Waals surface area contributed by atoms with E-state index in [1.807, 2.05) is 24.6 Å². The molecule has 0 aliphatic carbocycles. The van der Waals surface area contributed by atoms with Crippen LogP contribution in [0.2, 0.25) is 0 Å². The zero-order chi connectivity index (χ0) is 31.4. The van der Waals surface area contributed by atoms with E-state index in [2.05, 4.69) is 179 Å². The molecule has 6 rings (SSSR count). The van der Waals surface area contributed by atoms with Gasteiger partial charge in [0.25, 0.3) is 0 Å². The molecular weight excluding hydrogens is 618 g/mol. The summed E-state index contributed by atoms with van der Waals surface area (Å²) in [5.74, 6) is 0. The van der Waals surface area contributed by atoms with Gasteiger partial charge in [0.15, 0.2) is 0 Å². The summed E-state index contributed by atoms with van der Waals surface area (Å²) in [4.78, 5) is 0. The van der Waals surface area contributed by atoms with Crippen molar-refractivity contribution in [2.75, 3.05) is 0 Å². The zero-order valence-electron chi connectivity index (χ0n) is 25.0. The summed E-state index contributed by atoms with van der Waals surface area (Å²) in [6, 6.07) is 59.4. The molecule has 0 aliphatic rings. The summed E-state index contributed by atoms with van der Waals surface area (Å²) < 4.78 is 0. The number of hydrogen-bond donors (Lipinski definition) is 2. The Balaban J connectivity index is 1.18. The Morgan fingerprint density at radius 2 is 0.696 bits per heavy atom. The van der Waals surface area contributed by atoms with Crippen molar-refractivity contribution in [3.63, 3.8) is 0 Å². The second-order valence-electron chi connectivity index (χ2n) is 10.2. The highest BCUT2D eigenvalue weighted by Crippen LogP contribution is 2.34. The van der Waals surface area contributed by atoms with Crippen LogP contribution in [-0.4, -0.2) is 17.5 Å². The molecule has 0 unspecified atom stereocenters. The average Bonchev–Trinajstić information content (AvgIpc) is 3.12. The molecule has 2 N–H and O–H groups in total. The summed E-state index contributed by atoms with van der Waals surface area (Å²) >= 11 is 5.52. The maximum atomic E-state index is 5.52. The molecule has 0 spiro atoms. The lowest BCUT2D eigenvalue weighted by Gasteiger charge is -2.21. The third-order valence-electron chi connectivity index (χ3n) is 7.15. The lowest BCUT2D eigenvalue weighted by Crippen LogP contribution is -2.29. The van der Waals surface area contributed by atoms with Crippen molar-refractivity contribution in [3.8, 4) is 0 Å². The standard InChI is InChI=1S/C39H32N4P2S/c46-39(42-40-29-31-17-13-15-27-37(31)44(33-19-5-1-6-20-33)34-21-7-2-8-22-34)43-41-30-32-18-14-16-28-38(32)45(35-23-9-3-10-24-35)36-25-11-4-12-26-36/h1-30H,(H2,42,43,46). The predicted octanol–water partition coefficient (Wildman–Crippen LogP) is 6.04. The minimum Gasteiger partial charge on any atom is -0.252 e. The van der Waals surface area contributed by atoms with Crippen LogP contribution in [0.25, 0.3) is 0 Å². The fraction of sp³-hybridized carbons (Fsp3) is 0. The largest absolute Gasteiger partial charge is 0.252 e. The van der Waals surface area contributed by atoms with Gasteiger partial charge >= 0.3 is 0 Å². The quantitative estimate of drug-likeness (QED) is 0.0824. The molecule has 6 aromatic carbocycles. The normalized spacial score (nSPS) is 11.3. The van der Waals surface area contributed by atoms with Crippen molar-refractivity contribution in [2.24, 2.45) is 10.2 Å². The van der Waals surface area contributed by atoms with Crippen LogP contribution in [0.3, 0.4) is 0 Å². The van der Waals surface area contributed by atoms with Crippen LogP contribution >= 0.6 is 28.1 Å². The van der Waals surface area contributed by atoms with E-state index in [0.717, 1.165) is 11.1 Å². The lowest BCUT2D eigenvalue weighted by atomic mass is 10.2. The molecule has 0 atom stereocenters. The van der Waals surface area contributed by atoms with Gasteiger partial charge in [-0.3, -0.25) is 10.9 Å². The number of benzene rings is 6. The molecule has 46 heavy (non-hydrogen) atoms. The number of rotatable bonds is 10. The molecule has 0 radical (unpaired) electrons. The minimum atomic E-state index is -0.766. The molecule has 6 aromatic rings. The van der Waals surface area contributed by atoms with Crippen LogP contribution in [0.1, 0.15) is 11.1 Å². The summed E-state index contributed by atoms with van der Waals surface area (Å²) in [6.45, 7) is 0. The first-order chi connectivity index (χ1) is 22.8. The first-order valence-corrected chi connectivity index (χ1v) is 18.0. The molecule has 224 valence electrons. The van der Waals surface area contributed by atoms with Gasteiger partial charge in [0.1, 0.15) is 0 Å². The van der Waals surface area contributed by atoms with E-state index in [1.165, 1.54) is 31.8 Å². The Hall–Kier alpha value is -4.79. The molecule has 0 saturated carbocycles. The molecule has 0 aliphatic heterocycles. The van der Waals surface area contributed by atoms with E-state index in [4.69, 9.17) is 12.2 Å². The van der Waals surface area contributed by atoms with Gasteiger partial charge in [0.05, 0.1) is 12.4 Å². The van der Waals surface area contributed by atoms with Crippen molar-refractivity contribution >= 4 is 77.4 Å². The SMILES string of the molecule is S=C(NN=Cc1ccccc1P(c1ccccc1)c1ccccc1)NN=Cc1ccccc1P(c1ccccc1)c1ccccc1. The smallest absolute Gasteiger partial charge is 0.207 e. The Morgan fingerprint density at radius 3 is 1.02 bits per heavy atom. The topological polar surface area (TPSA) is 48.8 Å². The molecule has 0 bridgehead atoms. The van der Waals surface area contributed by atoms with Crippen LogP contribution in [0.5, 0.6) is 0 Å². The maximum Gasteiger partial charge on any atom is 0.207 e. The molecular formula is C39H32N4P2S. The monoisotopic (exact) mass is 650 g/mol. The number of hydrazone groups is 2.